The Hall–Kier alpha value is -1.08. The van der Waals surface area contributed by atoms with Crippen LogP contribution in [0.5, 0.6) is 0 Å². The smallest absolute Gasteiger partial charge is 0.238 e. The van der Waals surface area contributed by atoms with Gasteiger partial charge >= 0.3 is 0 Å². The zero-order chi connectivity index (χ0) is 15.6. The summed E-state index contributed by atoms with van der Waals surface area (Å²) in [7, 11) is -3.66. The third-order valence-corrected chi connectivity index (χ3v) is 5.15. The van der Waals surface area contributed by atoms with Crippen molar-refractivity contribution in [2.24, 2.45) is 5.14 Å². The molecule has 1 atom stereocenters. The van der Waals surface area contributed by atoms with E-state index in [4.69, 9.17) is 16.7 Å². The zero-order valence-corrected chi connectivity index (χ0v) is 14.3. The molecule has 1 unspecified atom stereocenters. The summed E-state index contributed by atoms with van der Waals surface area (Å²) < 4.78 is 23.2. The van der Waals surface area contributed by atoms with Crippen molar-refractivity contribution in [1.82, 2.24) is 0 Å². The minimum atomic E-state index is -3.66. The lowest BCUT2D eigenvalue weighted by Gasteiger charge is -2.16. The molecule has 0 aliphatic heterocycles. The third kappa shape index (κ3) is 4.20. The van der Waals surface area contributed by atoms with Crippen LogP contribution in [-0.2, 0) is 10.0 Å². The lowest BCUT2D eigenvalue weighted by atomic mass is 10.1. The molecule has 0 fully saturated rings. The summed E-state index contributed by atoms with van der Waals surface area (Å²) in [5.41, 5.74) is 1.86. The summed E-state index contributed by atoms with van der Waals surface area (Å²) >= 11 is 9.32. The minimum absolute atomic E-state index is 0.00704. The molecule has 0 aliphatic carbocycles. The molecule has 0 bridgehead atoms. The molecule has 21 heavy (non-hydrogen) atoms. The van der Waals surface area contributed by atoms with Crippen molar-refractivity contribution in [2.75, 3.05) is 5.32 Å². The molecule has 0 saturated heterocycles. The van der Waals surface area contributed by atoms with Crippen molar-refractivity contribution >= 4 is 43.2 Å². The van der Waals surface area contributed by atoms with Crippen molar-refractivity contribution in [3.8, 4) is 0 Å². The van der Waals surface area contributed by atoms with Crippen molar-refractivity contribution in [3.63, 3.8) is 0 Å². The molecule has 2 rings (SSSR count). The average Bonchev–Trinajstić information content (AvgIpc) is 2.42. The van der Waals surface area contributed by atoms with Gasteiger partial charge in [-0.1, -0.05) is 23.7 Å². The van der Waals surface area contributed by atoms with E-state index >= 15 is 0 Å². The van der Waals surface area contributed by atoms with Crippen LogP contribution in [0.4, 0.5) is 5.69 Å². The molecule has 112 valence electrons. The lowest BCUT2D eigenvalue weighted by molar-refractivity contribution is 0.597. The first-order chi connectivity index (χ1) is 9.77. The molecule has 0 amide bonds. The van der Waals surface area contributed by atoms with Crippen molar-refractivity contribution in [2.45, 2.75) is 17.9 Å². The van der Waals surface area contributed by atoms with Crippen LogP contribution in [0.15, 0.2) is 51.8 Å². The number of nitrogens with two attached hydrogens (primary N) is 1. The summed E-state index contributed by atoms with van der Waals surface area (Å²) in [6.45, 7) is 1.98. The predicted octanol–water partition coefficient (Wildman–Crippen LogP) is 3.92. The molecule has 0 aliphatic rings. The van der Waals surface area contributed by atoms with Gasteiger partial charge in [0.25, 0.3) is 0 Å². The highest BCUT2D eigenvalue weighted by molar-refractivity contribution is 9.10. The Balaban J connectivity index is 2.16. The molecule has 0 spiro atoms. The summed E-state index contributed by atoms with van der Waals surface area (Å²) in [6, 6.07) is 12.0. The fraction of sp³-hybridized carbons (Fsp3) is 0.143. The maximum atomic E-state index is 11.2. The second kappa shape index (κ2) is 6.36. The number of benzene rings is 2. The molecular formula is C14H14BrClN2O2S. The van der Waals surface area contributed by atoms with Crippen molar-refractivity contribution in [3.05, 3.63) is 57.5 Å². The van der Waals surface area contributed by atoms with Gasteiger partial charge in [0.1, 0.15) is 0 Å². The molecule has 2 aromatic rings. The maximum Gasteiger partial charge on any atom is 0.238 e. The van der Waals surface area contributed by atoms with Crippen LogP contribution in [-0.4, -0.2) is 8.42 Å². The van der Waals surface area contributed by atoms with E-state index in [9.17, 15) is 8.42 Å². The molecule has 0 radical (unpaired) electrons. The van der Waals surface area contributed by atoms with Crippen LogP contribution in [0, 0.1) is 0 Å². The Kier molecular flexibility index (Phi) is 4.93. The van der Waals surface area contributed by atoms with E-state index in [0.29, 0.717) is 5.02 Å². The van der Waals surface area contributed by atoms with Gasteiger partial charge < -0.3 is 5.32 Å². The quantitative estimate of drug-likeness (QED) is 0.832. The first-order valence-corrected chi connectivity index (χ1v) is 8.83. The van der Waals surface area contributed by atoms with E-state index in [1.807, 2.05) is 19.1 Å². The van der Waals surface area contributed by atoms with Gasteiger partial charge in [-0.2, -0.15) is 0 Å². The van der Waals surface area contributed by atoms with E-state index < -0.39 is 10.0 Å². The second-order valence-electron chi connectivity index (χ2n) is 4.61. The first kappa shape index (κ1) is 16.3. The highest BCUT2D eigenvalue weighted by atomic mass is 79.9. The van der Waals surface area contributed by atoms with Gasteiger partial charge in [0.05, 0.1) is 9.92 Å². The molecule has 7 heteroatoms. The van der Waals surface area contributed by atoms with E-state index in [0.717, 1.165) is 15.7 Å². The van der Waals surface area contributed by atoms with Gasteiger partial charge in [0.15, 0.2) is 0 Å². The fourth-order valence-corrected chi connectivity index (χ4v) is 2.88. The maximum absolute atomic E-state index is 11.2. The zero-order valence-electron chi connectivity index (χ0n) is 11.2. The van der Waals surface area contributed by atoms with Crippen LogP contribution in [0.25, 0.3) is 0 Å². The Morgan fingerprint density at radius 3 is 2.33 bits per heavy atom. The highest BCUT2D eigenvalue weighted by Gasteiger charge is 2.10. The Labute approximate surface area is 137 Å². The second-order valence-corrected chi connectivity index (χ2v) is 7.43. The number of sulfonamides is 1. The molecule has 3 N–H and O–H groups in total. The third-order valence-electron chi connectivity index (χ3n) is 3.01. The summed E-state index contributed by atoms with van der Waals surface area (Å²) in [5, 5.41) is 9.04. The summed E-state index contributed by atoms with van der Waals surface area (Å²) in [4.78, 5) is 0.104. The molecule has 2 aromatic carbocycles. The molecule has 4 nitrogen and oxygen atoms in total. The van der Waals surface area contributed by atoms with E-state index in [1.165, 1.54) is 12.1 Å². The number of hydrogen-bond donors (Lipinski definition) is 2. The average molecular weight is 390 g/mol. The molecule has 0 heterocycles. The van der Waals surface area contributed by atoms with Crippen LogP contribution in [0.1, 0.15) is 18.5 Å². The molecule has 0 saturated carbocycles. The molecular weight excluding hydrogens is 376 g/mol. The van der Waals surface area contributed by atoms with E-state index in [2.05, 4.69) is 21.2 Å². The van der Waals surface area contributed by atoms with Crippen LogP contribution < -0.4 is 10.5 Å². The number of anilines is 1. The summed E-state index contributed by atoms with van der Waals surface area (Å²) in [6.07, 6.45) is 0. The predicted molar refractivity (Wildman–Crippen MR) is 89.0 cm³/mol. The summed E-state index contributed by atoms with van der Waals surface area (Å²) in [5.74, 6) is 0. The van der Waals surface area contributed by atoms with Crippen LogP contribution in [0.3, 0.4) is 0 Å². The van der Waals surface area contributed by atoms with Gasteiger partial charge in [-0.3, -0.25) is 0 Å². The van der Waals surface area contributed by atoms with Crippen LogP contribution >= 0.6 is 27.5 Å². The Morgan fingerprint density at radius 1 is 1.19 bits per heavy atom. The van der Waals surface area contributed by atoms with Gasteiger partial charge in [-0.05, 0) is 58.7 Å². The van der Waals surface area contributed by atoms with Gasteiger partial charge in [-0.25, -0.2) is 13.6 Å². The fourth-order valence-electron chi connectivity index (χ4n) is 1.87. The number of rotatable bonds is 4. The van der Waals surface area contributed by atoms with Gasteiger partial charge in [0, 0.05) is 16.2 Å². The number of nitrogens with one attached hydrogen (secondary N) is 1. The monoisotopic (exact) mass is 388 g/mol. The Bertz CT molecular complexity index is 748. The SMILES string of the molecule is CC(Nc1ccc(Cl)c(Br)c1)c1ccc(S(N)(=O)=O)cc1. The molecule has 0 aromatic heterocycles. The Morgan fingerprint density at radius 2 is 1.81 bits per heavy atom. The minimum Gasteiger partial charge on any atom is -0.378 e. The van der Waals surface area contributed by atoms with Crippen LogP contribution in [0.2, 0.25) is 5.02 Å². The number of primary sulfonamides is 1. The first-order valence-electron chi connectivity index (χ1n) is 6.12. The van der Waals surface area contributed by atoms with Crippen molar-refractivity contribution in [1.29, 1.82) is 0 Å². The normalized spacial score (nSPS) is 13.0. The highest BCUT2D eigenvalue weighted by Crippen LogP contribution is 2.28. The largest absolute Gasteiger partial charge is 0.378 e. The van der Waals surface area contributed by atoms with E-state index in [-0.39, 0.29) is 10.9 Å². The topological polar surface area (TPSA) is 72.2 Å². The standard InChI is InChI=1S/C14H14BrClN2O2S/c1-9(18-11-4-7-14(16)13(15)8-11)10-2-5-12(6-3-10)21(17,19)20/h2-9,18H,1H3,(H2,17,19,20). The van der Waals surface area contributed by atoms with Gasteiger partial charge in [-0.15, -0.1) is 0 Å². The van der Waals surface area contributed by atoms with E-state index in [1.54, 1.807) is 18.2 Å². The number of hydrogen-bond acceptors (Lipinski definition) is 3. The lowest BCUT2D eigenvalue weighted by Crippen LogP contribution is -2.12. The van der Waals surface area contributed by atoms with Crippen molar-refractivity contribution < 1.29 is 8.42 Å². The van der Waals surface area contributed by atoms with Gasteiger partial charge in [0.2, 0.25) is 10.0 Å². The number of halogens is 2.